The van der Waals surface area contributed by atoms with Crippen molar-refractivity contribution in [3.63, 3.8) is 0 Å². The second-order valence-corrected chi connectivity index (χ2v) is 3.74. The summed E-state index contributed by atoms with van der Waals surface area (Å²) in [4.78, 5) is 7.74. The van der Waals surface area contributed by atoms with Gasteiger partial charge < -0.3 is 4.42 Å². The summed E-state index contributed by atoms with van der Waals surface area (Å²) < 4.78 is 5.37. The van der Waals surface area contributed by atoms with E-state index in [2.05, 4.69) is 9.97 Å². The van der Waals surface area contributed by atoms with Gasteiger partial charge in [-0.3, -0.25) is 9.97 Å². The van der Waals surface area contributed by atoms with E-state index in [4.69, 9.17) is 4.42 Å². The summed E-state index contributed by atoms with van der Waals surface area (Å²) in [7, 11) is 0. The molecule has 0 unspecified atom stereocenters. The molecule has 0 fully saturated rings. The normalized spacial score (nSPS) is 9.76. The molecule has 2 heterocycles. The van der Waals surface area contributed by atoms with Crippen LogP contribution < -0.4 is 0 Å². The maximum absolute atomic E-state index is 5.37. The monoisotopic (exact) mass is 226 g/mol. The standard InChI is InChI=1S/C9H8O.C5H6N2/c1-7-6-8-4-2-3-5-9(8)10-7;1-5-4-6-2-3-7-5/h2-6H,1H3;2-4H,1H3. The average Bonchev–Trinajstić information content (AvgIpc) is 2.71. The zero-order valence-corrected chi connectivity index (χ0v) is 9.92. The van der Waals surface area contributed by atoms with E-state index in [0.29, 0.717) is 0 Å². The minimum absolute atomic E-state index is 0.961. The fraction of sp³-hybridized carbons (Fsp3) is 0.143. The third-order valence-electron chi connectivity index (χ3n) is 2.24. The first-order valence-corrected chi connectivity index (χ1v) is 5.43. The number of furan rings is 1. The predicted octanol–water partition coefficient (Wildman–Crippen LogP) is 3.53. The molecule has 0 saturated carbocycles. The first-order valence-electron chi connectivity index (χ1n) is 5.43. The molecule has 86 valence electrons. The lowest BCUT2D eigenvalue weighted by atomic mass is 10.2. The number of fused-ring (bicyclic) bond motifs is 1. The van der Waals surface area contributed by atoms with Gasteiger partial charge in [-0.05, 0) is 26.0 Å². The van der Waals surface area contributed by atoms with E-state index in [1.807, 2.05) is 44.2 Å². The molecule has 3 aromatic rings. The van der Waals surface area contributed by atoms with Gasteiger partial charge in [-0.1, -0.05) is 18.2 Å². The number of hydrogen-bond donors (Lipinski definition) is 0. The quantitative estimate of drug-likeness (QED) is 0.588. The van der Waals surface area contributed by atoms with Crippen LogP contribution in [0, 0.1) is 13.8 Å². The van der Waals surface area contributed by atoms with E-state index in [0.717, 1.165) is 17.0 Å². The minimum atomic E-state index is 0.961. The molecule has 17 heavy (non-hydrogen) atoms. The molecule has 0 aliphatic heterocycles. The predicted molar refractivity (Wildman–Crippen MR) is 67.7 cm³/mol. The highest BCUT2D eigenvalue weighted by Gasteiger charge is 1.95. The van der Waals surface area contributed by atoms with E-state index in [1.54, 1.807) is 18.6 Å². The molecule has 0 amide bonds. The molecule has 1 aromatic carbocycles. The molecule has 3 nitrogen and oxygen atoms in total. The van der Waals surface area contributed by atoms with Crippen molar-refractivity contribution in [2.45, 2.75) is 13.8 Å². The molecule has 0 aliphatic carbocycles. The van der Waals surface area contributed by atoms with Crippen LogP contribution in [-0.2, 0) is 0 Å². The highest BCUT2D eigenvalue weighted by Crippen LogP contribution is 2.17. The van der Waals surface area contributed by atoms with Crippen molar-refractivity contribution in [3.05, 3.63) is 60.4 Å². The van der Waals surface area contributed by atoms with Gasteiger partial charge in [-0.25, -0.2) is 0 Å². The maximum atomic E-state index is 5.37. The van der Waals surface area contributed by atoms with Crippen molar-refractivity contribution in [3.8, 4) is 0 Å². The molecule has 0 saturated heterocycles. The Labute approximate surface area is 100 Å². The van der Waals surface area contributed by atoms with Crippen molar-refractivity contribution < 1.29 is 4.42 Å². The lowest BCUT2D eigenvalue weighted by molar-refractivity contribution is 0.578. The molecule has 0 atom stereocenters. The largest absolute Gasteiger partial charge is 0.461 e. The van der Waals surface area contributed by atoms with Gasteiger partial charge >= 0.3 is 0 Å². The Bertz CT molecular complexity index is 554. The Morgan fingerprint density at radius 1 is 1.06 bits per heavy atom. The third-order valence-corrected chi connectivity index (χ3v) is 2.24. The summed E-state index contributed by atoms with van der Waals surface area (Å²) in [6, 6.07) is 10.0. The Hall–Kier alpha value is -2.16. The lowest BCUT2D eigenvalue weighted by Crippen LogP contribution is -1.77. The highest BCUT2D eigenvalue weighted by atomic mass is 16.3. The van der Waals surface area contributed by atoms with E-state index in [9.17, 15) is 0 Å². The van der Waals surface area contributed by atoms with Gasteiger partial charge in [-0.15, -0.1) is 0 Å². The van der Waals surface area contributed by atoms with Gasteiger partial charge in [0.05, 0.1) is 5.69 Å². The average molecular weight is 226 g/mol. The van der Waals surface area contributed by atoms with Gasteiger partial charge in [0.25, 0.3) is 0 Å². The Morgan fingerprint density at radius 2 is 1.88 bits per heavy atom. The van der Waals surface area contributed by atoms with Crippen LogP contribution in [-0.4, -0.2) is 9.97 Å². The summed E-state index contributed by atoms with van der Waals surface area (Å²) >= 11 is 0. The van der Waals surface area contributed by atoms with Crippen molar-refractivity contribution in [1.82, 2.24) is 9.97 Å². The molecular weight excluding hydrogens is 212 g/mol. The van der Waals surface area contributed by atoms with Crippen LogP contribution in [0.5, 0.6) is 0 Å². The number of aromatic nitrogens is 2. The van der Waals surface area contributed by atoms with Crippen molar-refractivity contribution >= 4 is 11.0 Å². The van der Waals surface area contributed by atoms with Crippen LogP contribution in [0.15, 0.2) is 53.3 Å². The Balaban J connectivity index is 0.000000136. The zero-order chi connectivity index (χ0) is 12.1. The fourth-order valence-electron chi connectivity index (χ4n) is 1.49. The zero-order valence-electron chi connectivity index (χ0n) is 9.92. The number of rotatable bonds is 0. The molecule has 3 heteroatoms. The van der Waals surface area contributed by atoms with Gasteiger partial charge in [0, 0.05) is 24.0 Å². The van der Waals surface area contributed by atoms with Gasteiger partial charge in [0.1, 0.15) is 11.3 Å². The molecule has 0 spiro atoms. The van der Waals surface area contributed by atoms with Crippen LogP contribution >= 0.6 is 0 Å². The van der Waals surface area contributed by atoms with E-state index >= 15 is 0 Å². The second-order valence-electron chi connectivity index (χ2n) is 3.74. The van der Waals surface area contributed by atoms with Crippen molar-refractivity contribution in [2.75, 3.05) is 0 Å². The van der Waals surface area contributed by atoms with Crippen LogP contribution in [0.3, 0.4) is 0 Å². The Morgan fingerprint density at radius 3 is 2.47 bits per heavy atom. The van der Waals surface area contributed by atoms with Crippen LogP contribution in [0.2, 0.25) is 0 Å². The van der Waals surface area contributed by atoms with Crippen LogP contribution in [0.1, 0.15) is 11.5 Å². The van der Waals surface area contributed by atoms with E-state index in [1.165, 1.54) is 5.39 Å². The summed E-state index contributed by atoms with van der Waals surface area (Å²) in [5.74, 6) is 0.973. The molecule has 0 bridgehead atoms. The lowest BCUT2D eigenvalue weighted by Gasteiger charge is -1.82. The molecule has 2 aromatic heterocycles. The van der Waals surface area contributed by atoms with Crippen LogP contribution in [0.4, 0.5) is 0 Å². The summed E-state index contributed by atoms with van der Waals surface area (Å²) in [6.07, 6.45) is 5.06. The first-order chi connectivity index (χ1) is 8.25. The third kappa shape index (κ3) is 3.14. The topological polar surface area (TPSA) is 38.9 Å². The van der Waals surface area contributed by atoms with E-state index in [-0.39, 0.29) is 0 Å². The summed E-state index contributed by atoms with van der Waals surface area (Å²) in [5, 5.41) is 1.18. The number of para-hydroxylation sites is 1. The van der Waals surface area contributed by atoms with Gasteiger partial charge in [0.15, 0.2) is 0 Å². The second kappa shape index (κ2) is 5.25. The van der Waals surface area contributed by atoms with Crippen molar-refractivity contribution in [2.24, 2.45) is 0 Å². The number of benzene rings is 1. The molecule has 0 radical (unpaired) electrons. The van der Waals surface area contributed by atoms with Gasteiger partial charge in [0.2, 0.25) is 0 Å². The minimum Gasteiger partial charge on any atom is -0.461 e. The first kappa shape index (κ1) is 11.3. The smallest absolute Gasteiger partial charge is 0.134 e. The number of aryl methyl sites for hydroxylation is 2. The van der Waals surface area contributed by atoms with E-state index < -0.39 is 0 Å². The highest BCUT2D eigenvalue weighted by molar-refractivity contribution is 5.77. The maximum Gasteiger partial charge on any atom is 0.134 e. The van der Waals surface area contributed by atoms with Gasteiger partial charge in [-0.2, -0.15) is 0 Å². The summed E-state index contributed by atoms with van der Waals surface area (Å²) in [6.45, 7) is 3.87. The molecule has 0 N–H and O–H groups in total. The number of nitrogens with zero attached hydrogens (tertiary/aromatic N) is 2. The van der Waals surface area contributed by atoms with Crippen molar-refractivity contribution in [1.29, 1.82) is 0 Å². The molecule has 3 rings (SSSR count). The van der Waals surface area contributed by atoms with Crippen LogP contribution in [0.25, 0.3) is 11.0 Å². The molecule has 0 aliphatic rings. The molecular formula is C14H14N2O. The Kier molecular flexibility index (Phi) is 3.50. The fourth-order valence-corrected chi connectivity index (χ4v) is 1.49. The summed E-state index contributed by atoms with van der Waals surface area (Å²) in [5.41, 5.74) is 1.93. The number of hydrogen-bond acceptors (Lipinski definition) is 3. The SMILES string of the molecule is Cc1cc2ccccc2o1.Cc1cnccn1.